The van der Waals surface area contributed by atoms with E-state index in [9.17, 15) is 0 Å². The molecule has 1 fully saturated rings. The second kappa shape index (κ2) is 5.13. The monoisotopic (exact) mass is 199 g/mol. The Morgan fingerprint density at radius 3 is 2.64 bits per heavy atom. The molecule has 2 heteroatoms. The molecule has 0 saturated carbocycles. The summed E-state index contributed by atoms with van der Waals surface area (Å²) in [6, 6.07) is 0.653. The van der Waals surface area contributed by atoms with Crippen molar-refractivity contribution in [3.8, 4) is 0 Å². The van der Waals surface area contributed by atoms with Crippen LogP contribution in [0.25, 0.3) is 0 Å². The summed E-state index contributed by atoms with van der Waals surface area (Å²) < 4.78 is 0. The maximum atomic E-state index is 9.12. The highest BCUT2D eigenvalue weighted by Crippen LogP contribution is 2.36. The van der Waals surface area contributed by atoms with Crippen molar-refractivity contribution in [3.63, 3.8) is 0 Å². The van der Waals surface area contributed by atoms with E-state index in [1.54, 1.807) is 0 Å². The third-order valence-electron chi connectivity index (χ3n) is 3.81. The predicted octanol–water partition coefficient (Wildman–Crippen LogP) is 2.27. The molecule has 1 aliphatic rings. The van der Waals surface area contributed by atoms with E-state index in [1.165, 1.54) is 32.4 Å². The molecule has 0 aromatic carbocycles. The lowest BCUT2D eigenvalue weighted by molar-refractivity contribution is 0.0420. The predicted molar refractivity (Wildman–Crippen MR) is 60.4 cm³/mol. The molecular formula is C12H25NO. The van der Waals surface area contributed by atoms with Crippen molar-refractivity contribution in [3.05, 3.63) is 0 Å². The molecule has 14 heavy (non-hydrogen) atoms. The molecule has 0 bridgehead atoms. The lowest BCUT2D eigenvalue weighted by Crippen LogP contribution is -2.46. The van der Waals surface area contributed by atoms with E-state index in [2.05, 4.69) is 25.7 Å². The van der Waals surface area contributed by atoms with Crippen molar-refractivity contribution in [2.24, 2.45) is 5.41 Å². The minimum atomic E-state index is 0.347. The van der Waals surface area contributed by atoms with Gasteiger partial charge < -0.3 is 10.0 Å². The summed E-state index contributed by atoms with van der Waals surface area (Å²) in [5.41, 5.74) is 0.400. The molecule has 2 nitrogen and oxygen atoms in total. The highest BCUT2D eigenvalue weighted by atomic mass is 16.3. The van der Waals surface area contributed by atoms with Gasteiger partial charge in [0.2, 0.25) is 0 Å². The van der Waals surface area contributed by atoms with Crippen LogP contribution >= 0.6 is 0 Å². The summed E-state index contributed by atoms with van der Waals surface area (Å²) in [4.78, 5) is 2.56. The highest BCUT2D eigenvalue weighted by molar-refractivity contribution is 4.87. The smallest absolute Gasteiger partial charge is 0.0436 e. The number of rotatable bonds is 4. The molecule has 0 aliphatic carbocycles. The lowest BCUT2D eigenvalue weighted by atomic mass is 9.75. The number of likely N-dealkylation sites (tertiary alicyclic amines) is 1. The van der Waals surface area contributed by atoms with Gasteiger partial charge in [-0.1, -0.05) is 6.92 Å². The van der Waals surface area contributed by atoms with Gasteiger partial charge in [0.25, 0.3) is 0 Å². The Hall–Kier alpha value is -0.0800. The van der Waals surface area contributed by atoms with Crippen LogP contribution in [0.1, 0.15) is 46.5 Å². The zero-order chi connectivity index (χ0) is 10.6. The molecule has 0 amide bonds. The van der Waals surface area contributed by atoms with Gasteiger partial charge in [0.15, 0.2) is 0 Å². The van der Waals surface area contributed by atoms with Gasteiger partial charge in [-0.25, -0.2) is 0 Å². The molecule has 1 aliphatic heterocycles. The molecule has 1 N–H and O–H groups in total. The summed E-state index contributed by atoms with van der Waals surface area (Å²) in [6.07, 6.45) is 4.78. The van der Waals surface area contributed by atoms with Gasteiger partial charge in [-0.2, -0.15) is 0 Å². The van der Waals surface area contributed by atoms with Gasteiger partial charge in [0.05, 0.1) is 0 Å². The van der Waals surface area contributed by atoms with Gasteiger partial charge in [-0.05, 0) is 51.5 Å². The van der Waals surface area contributed by atoms with Crippen LogP contribution in [-0.2, 0) is 0 Å². The summed E-state index contributed by atoms with van der Waals surface area (Å²) in [7, 11) is 0. The van der Waals surface area contributed by atoms with Crippen LogP contribution in [0, 0.1) is 5.41 Å². The largest absolute Gasteiger partial charge is 0.396 e. The van der Waals surface area contributed by atoms with Crippen LogP contribution in [0.3, 0.4) is 0 Å². The van der Waals surface area contributed by atoms with Crippen LogP contribution in [0.2, 0.25) is 0 Å². The summed E-state index contributed by atoms with van der Waals surface area (Å²) >= 11 is 0. The first kappa shape index (κ1) is 12.0. The first-order valence-electron chi connectivity index (χ1n) is 5.98. The first-order valence-corrected chi connectivity index (χ1v) is 5.98. The zero-order valence-electron chi connectivity index (χ0n) is 9.92. The van der Waals surface area contributed by atoms with E-state index in [0.717, 1.165) is 6.42 Å². The molecule has 0 aromatic rings. The number of aliphatic hydroxyl groups is 1. The summed E-state index contributed by atoms with van der Waals surface area (Å²) in [5, 5.41) is 9.12. The second-order valence-electron chi connectivity index (χ2n) is 4.99. The van der Waals surface area contributed by atoms with E-state index < -0.39 is 0 Å². The molecule has 0 spiro atoms. The van der Waals surface area contributed by atoms with Gasteiger partial charge in [-0.3, -0.25) is 0 Å². The zero-order valence-corrected chi connectivity index (χ0v) is 9.92. The number of aliphatic hydroxyl groups excluding tert-OH is 1. The van der Waals surface area contributed by atoms with Crippen LogP contribution in [-0.4, -0.2) is 35.7 Å². The van der Waals surface area contributed by atoms with Crippen LogP contribution in [0.5, 0.6) is 0 Å². The average molecular weight is 199 g/mol. The summed E-state index contributed by atoms with van der Waals surface area (Å²) in [6.45, 7) is 9.57. The van der Waals surface area contributed by atoms with E-state index in [1.807, 2.05) is 0 Å². The van der Waals surface area contributed by atoms with Crippen molar-refractivity contribution < 1.29 is 5.11 Å². The molecular weight excluding hydrogens is 174 g/mol. The third kappa shape index (κ3) is 2.71. The van der Waals surface area contributed by atoms with E-state index in [0.29, 0.717) is 18.1 Å². The number of hydrogen-bond donors (Lipinski definition) is 1. The molecule has 1 saturated heterocycles. The fraction of sp³-hybridized carbons (Fsp3) is 1.00. The van der Waals surface area contributed by atoms with Crippen molar-refractivity contribution in [1.82, 2.24) is 4.90 Å². The van der Waals surface area contributed by atoms with Crippen LogP contribution in [0.4, 0.5) is 0 Å². The van der Waals surface area contributed by atoms with Crippen LogP contribution in [0.15, 0.2) is 0 Å². The number of hydrogen-bond acceptors (Lipinski definition) is 2. The molecule has 84 valence electrons. The number of nitrogens with zero attached hydrogens (tertiary/aromatic N) is 1. The highest BCUT2D eigenvalue weighted by Gasteiger charge is 2.33. The van der Waals surface area contributed by atoms with Crippen molar-refractivity contribution in [2.45, 2.75) is 52.5 Å². The SMILES string of the molecule is CC[C@@]1(CCO)CCCN(C(C)C)C1. The standard InChI is InChI=1S/C12H25NO/c1-4-12(7-9-14)6-5-8-13(10-12)11(2)3/h11,14H,4-10H2,1-3H3/t12-/m0/s1. The second-order valence-corrected chi connectivity index (χ2v) is 4.99. The lowest BCUT2D eigenvalue weighted by Gasteiger charge is -2.44. The van der Waals surface area contributed by atoms with Gasteiger partial charge in [-0.15, -0.1) is 0 Å². The third-order valence-corrected chi connectivity index (χ3v) is 3.81. The molecule has 0 aromatic heterocycles. The van der Waals surface area contributed by atoms with Crippen molar-refractivity contribution >= 4 is 0 Å². The molecule has 0 radical (unpaired) electrons. The number of piperidine rings is 1. The maximum Gasteiger partial charge on any atom is 0.0436 e. The fourth-order valence-corrected chi connectivity index (χ4v) is 2.59. The Bertz CT molecular complexity index is 166. The van der Waals surface area contributed by atoms with E-state index >= 15 is 0 Å². The molecule has 1 heterocycles. The topological polar surface area (TPSA) is 23.5 Å². The Labute approximate surface area is 88.3 Å². The van der Waals surface area contributed by atoms with Gasteiger partial charge in [0, 0.05) is 19.2 Å². The quantitative estimate of drug-likeness (QED) is 0.751. The van der Waals surface area contributed by atoms with Crippen molar-refractivity contribution in [2.75, 3.05) is 19.7 Å². The Balaban J connectivity index is 2.59. The normalized spacial score (nSPS) is 29.8. The van der Waals surface area contributed by atoms with Crippen molar-refractivity contribution in [1.29, 1.82) is 0 Å². The molecule has 1 rings (SSSR count). The molecule has 1 atom stereocenters. The Kier molecular flexibility index (Phi) is 4.39. The average Bonchev–Trinajstić information content (AvgIpc) is 2.18. The van der Waals surface area contributed by atoms with E-state index in [-0.39, 0.29) is 0 Å². The first-order chi connectivity index (χ1) is 6.63. The molecule has 0 unspecified atom stereocenters. The summed E-state index contributed by atoms with van der Waals surface area (Å²) in [5.74, 6) is 0. The van der Waals surface area contributed by atoms with E-state index in [4.69, 9.17) is 5.11 Å². The van der Waals surface area contributed by atoms with Gasteiger partial charge >= 0.3 is 0 Å². The Morgan fingerprint density at radius 1 is 1.43 bits per heavy atom. The van der Waals surface area contributed by atoms with Gasteiger partial charge in [0.1, 0.15) is 0 Å². The maximum absolute atomic E-state index is 9.12. The van der Waals surface area contributed by atoms with Crippen LogP contribution < -0.4 is 0 Å². The minimum Gasteiger partial charge on any atom is -0.396 e. The Morgan fingerprint density at radius 2 is 2.14 bits per heavy atom. The minimum absolute atomic E-state index is 0.347. The fourth-order valence-electron chi connectivity index (χ4n) is 2.59.